The van der Waals surface area contributed by atoms with Gasteiger partial charge in [0.05, 0.1) is 18.3 Å². The van der Waals surface area contributed by atoms with Crippen molar-refractivity contribution in [2.24, 2.45) is 46.3 Å². The number of aliphatic hydroxyl groups excluding tert-OH is 3. The Morgan fingerprint density at radius 3 is 2.43 bits per heavy atom. The number of carbonyl (C=O) groups is 1. The minimum Gasteiger partial charge on any atom is -0.481 e. The topological polar surface area (TPSA) is 98.0 Å². The summed E-state index contributed by atoms with van der Waals surface area (Å²) in [6, 6.07) is 0. The van der Waals surface area contributed by atoms with E-state index in [-0.39, 0.29) is 47.3 Å². The molecule has 0 spiro atoms. The lowest BCUT2D eigenvalue weighted by Crippen LogP contribution is -2.65. The van der Waals surface area contributed by atoms with Crippen LogP contribution < -0.4 is 0 Å². The maximum Gasteiger partial charge on any atom is 0.303 e. The Morgan fingerprint density at radius 2 is 1.77 bits per heavy atom. The van der Waals surface area contributed by atoms with Crippen molar-refractivity contribution in [3.05, 3.63) is 0 Å². The van der Waals surface area contributed by atoms with Gasteiger partial charge in [0.2, 0.25) is 0 Å². The summed E-state index contributed by atoms with van der Waals surface area (Å²) in [4.78, 5) is 11.1. The van der Waals surface area contributed by atoms with E-state index >= 15 is 4.39 Å². The van der Waals surface area contributed by atoms with Gasteiger partial charge < -0.3 is 20.4 Å². The zero-order chi connectivity index (χ0) is 22.0. The molecule has 0 aromatic heterocycles. The van der Waals surface area contributed by atoms with Gasteiger partial charge in [0.15, 0.2) is 0 Å². The Hall–Kier alpha value is -0.720. The Labute approximate surface area is 179 Å². The molecule has 4 aliphatic rings. The normalized spacial score (nSPS) is 54.0. The third-order valence-electron chi connectivity index (χ3n) is 10.4. The average Bonchev–Trinajstić information content (AvgIpc) is 3.05. The number of rotatable bonds is 4. The fourth-order valence-corrected chi connectivity index (χ4v) is 8.67. The number of aliphatic hydroxyl groups is 3. The molecule has 4 aliphatic carbocycles. The highest BCUT2D eigenvalue weighted by atomic mass is 19.1. The Morgan fingerprint density at radius 1 is 1.07 bits per heavy atom. The highest BCUT2D eigenvalue weighted by molar-refractivity contribution is 5.66. The van der Waals surface area contributed by atoms with E-state index in [4.69, 9.17) is 5.11 Å². The monoisotopic (exact) mass is 426 g/mol. The molecule has 0 unspecified atom stereocenters. The van der Waals surface area contributed by atoms with Crippen LogP contribution in [0.3, 0.4) is 0 Å². The summed E-state index contributed by atoms with van der Waals surface area (Å²) in [6.45, 7) is 6.30. The van der Waals surface area contributed by atoms with Gasteiger partial charge in [-0.3, -0.25) is 4.79 Å². The molecule has 4 rings (SSSR count). The van der Waals surface area contributed by atoms with Crippen LogP contribution in [0, 0.1) is 46.3 Å². The molecule has 5 nitrogen and oxygen atoms in total. The predicted octanol–water partition coefficient (Wildman–Crippen LogP) is 3.40. The quantitative estimate of drug-likeness (QED) is 0.552. The second-order valence-corrected chi connectivity index (χ2v) is 11.5. The molecule has 172 valence electrons. The van der Waals surface area contributed by atoms with E-state index in [1.165, 1.54) is 0 Å². The SMILES string of the molecule is C[C@H](CCC(=O)O)[C@H]1CC[C@H]2[C@@H]3[C@@H](O)[C@H](F)[C@@H]4C[C@H](O)CC[C@]4(C)[C@H]3C[C@H](O)[C@]12C. The molecule has 12 atom stereocenters. The van der Waals surface area contributed by atoms with E-state index in [0.29, 0.717) is 25.7 Å². The first-order valence-electron chi connectivity index (χ1n) is 11.9. The van der Waals surface area contributed by atoms with Crippen LogP contribution in [0.2, 0.25) is 0 Å². The lowest BCUT2D eigenvalue weighted by molar-refractivity contribution is -0.230. The number of carboxylic acid groups (broad SMARTS) is 1. The third-order valence-corrected chi connectivity index (χ3v) is 10.4. The highest BCUT2D eigenvalue weighted by Gasteiger charge is 2.67. The van der Waals surface area contributed by atoms with Crippen LogP contribution in [0.1, 0.15) is 72.1 Å². The zero-order valence-electron chi connectivity index (χ0n) is 18.5. The standard InChI is InChI=1S/C24H39FO5/c1-12(4-7-19(28)29)14-5-6-15-20-16(11-18(27)24(14,15)3)23(2)9-8-13(26)10-17(23)21(25)22(20)30/h12-18,20-22,26-27,30H,4-11H2,1-3H3,(H,28,29)/t12-,13-,14-,15+,16+,17+,18+,20+,21-,22-,23-,24-/m1/s1. The van der Waals surface area contributed by atoms with Crippen LogP contribution in [0.5, 0.6) is 0 Å². The first kappa shape index (κ1) is 22.5. The summed E-state index contributed by atoms with van der Waals surface area (Å²) in [6.07, 6.45) is 1.37. The minimum atomic E-state index is -1.34. The van der Waals surface area contributed by atoms with E-state index in [1.807, 2.05) is 0 Å². The summed E-state index contributed by atoms with van der Waals surface area (Å²) in [5.74, 6) is -0.895. The summed E-state index contributed by atoms with van der Waals surface area (Å²) < 4.78 is 15.6. The smallest absolute Gasteiger partial charge is 0.303 e. The molecule has 0 bridgehead atoms. The zero-order valence-corrected chi connectivity index (χ0v) is 18.5. The maximum absolute atomic E-state index is 15.6. The second kappa shape index (κ2) is 7.70. The van der Waals surface area contributed by atoms with Crippen LogP contribution in [0.25, 0.3) is 0 Å². The number of alkyl halides is 1. The molecule has 0 amide bonds. The Bertz CT molecular complexity index is 672. The van der Waals surface area contributed by atoms with E-state index in [2.05, 4.69) is 20.8 Å². The van der Waals surface area contributed by atoms with Crippen LogP contribution >= 0.6 is 0 Å². The highest BCUT2D eigenvalue weighted by Crippen LogP contribution is 2.68. The van der Waals surface area contributed by atoms with Crippen LogP contribution in [0.15, 0.2) is 0 Å². The first-order chi connectivity index (χ1) is 14.0. The van der Waals surface area contributed by atoms with Crippen molar-refractivity contribution in [3.8, 4) is 0 Å². The predicted molar refractivity (Wildman–Crippen MR) is 110 cm³/mol. The van der Waals surface area contributed by atoms with Crippen LogP contribution in [-0.4, -0.2) is 50.9 Å². The maximum atomic E-state index is 15.6. The second-order valence-electron chi connectivity index (χ2n) is 11.5. The fourth-order valence-electron chi connectivity index (χ4n) is 8.67. The first-order valence-corrected chi connectivity index (χ1v) is 11.9. The van der Waals surface area contributed by atoms with E-state index in [9.17, 15) is 20.1 Å². The molecule has 4 saturated carbocycles. The summed E-state index contributed by atoms with van der Waals surface area (Å²) in [5, 5.41) is 41.8. The van der Waals surface area contributed by atoms with Gasteiger partial charge in [-0.05, 0) is 85.4 Å². The van der Waals surface area contributed by atoms with E-state index in [1.54, 1.807) is 0 Å². The summed E-state index contributed by atoms with van der Waals surface area (Å²) in [7, 11) is 0. The lowest BCUT2D eigenvalue weighted by atomic mass is 9.42. The molecule has 0 aromatic carbocycles. The van der Waals surface area contributed by atoms with Crippen molar-refractivity contribution < 1.29 is 29.6 Å². The van der Waals surface area contributed by atoms with Gasteiger partial charge in [0, 0.05) is 12.3 Å². The average molecular weight is 427 g/mol. The molecular weight excluding hydrogens is 387 g/mol. The van der Waals surface area contributed by atoms with Gasteiger partial charge in [0.25, 0.3) is 0 Å². The largest absolute Gasteiger partial charge is 0.481 e. The number of hydrogen-bond donors (Lipinski definition) is 4. The van der Waals surface area contributed by atoms with Gasteiger partial charge in [-0.1, -0.05) is 20.8 Å². The molecule has 0 radical (unpaired) electrons. The fraction of sp³-hybridized carbons (Fsp3) is 0.958. The van der Waals surface area contributed by atoms with Crippen molar-refractivity contribution in [2.45, 2.75) is 96.6 Å². The third kappa shape index (κ3) is 3.15. The number of fused-ring (bicyclic) bond motifs is 5. The number of aliphatic carboxylic acids is 1. The van der Waals surface area contributed by atoms with Gasteiger partial charge in [-0.15, -0.1) is 0 Å². The lowest BCUT2D eigenvalue weighted by Gasteiger charge is -2.64. The van der Waals surface area contributed by atoms with Crippen molar-refractivity contribution >= 4 is 5.97 Å². The number of hydrogen-bond acceptors (Lipinski definition) is 4. The molecule has 6 heteroatoms. The molecule has 0 aliphatic heterocycles. The summed E-state index contributed by atoms with van der Waals surface area (Å²) in [5.41, 5.74) is -0.727. The molecule has 0 heterocycles. The molecule has 30 heavy (non-hydrogen) atoms. The van der Waals surface area contributed by atoms with Gasteiger partial charge in [0.1, 0.15) is 6.17 Å². The van der Waals surface area contributed by atoms with Gasteiger partial charge in [-0.2, -0.15) is 0 Å². The molecule has 0 aromatic rings. The van der Waals surface area contributed by atoms with Crippen LogP contribution in [-0.2, 0) is 4.79 Å². The van der Waals surface area contributed by atoms with Gasteiger partial charge in [-0.25, -0.2) is 4.39 Å². The van der Waals surface area contributed by atoms with Crippen molar-refractivity contribution in [3.63, 3.8) is 0 Å². The molecule has 4 N–H and O–H groups in total. The van der Waals surface area contributed by atoms with Crippen LogP contribution in [0.4, 0.5) is 4.39 Å². The van der Waals surface area contributed by atoms with E-state index < -0.39 is 35.9 Å². The van der Waals surface area contributed by atoms with Crippen molar-refractivity contribution in [1.82, 2.24) is 0 Å². The molecule has 0 saturated heterocycles. The van der Waals surface area contributed by atoms with Crippen molar-refractivity contribution in [1.29, 1.82) is 0 Å². The number of carboxylic acids is 1. The Kier molecular flexibility index (Phi) is 5.77. The minimum absolute atomic E-state index is 0.0430. The number of halogens is 1. The summed E-state index contributed by atoms with van der Waals surface area (Å²) >= 11 is 0. The molecular formula is C24H39FO5. The van der Waals surface area contributed by atoms with Crippen molar-refractivity contribution in [2.75, 3.05) is 0 Å². The molecule has 4 fully saturated rings. The Balaban J connectivity index is 1.64. The van der Waals surface area contributed by atoms with Gasteiger partial charge >= 0.3 is 5.97 Å². The van der Waals surface area contributed by atoms with E-state index in [0.717, 1.165) is 19.3 Å².